The molecular weight excluding hydrogens is 294 g/mol. The van der Waals surface area contributed by atoms with Crippen molar-refractivity contribution < 1.29 is 8.42 Å². The predicted molar refractivity (Wildman–Crippen MR) is 81.6 cm³/mol. The van der Waals surface area contributed by atoms with Gasteiger partial charge in [-0.15, -0.1) is 11.3 Å². The minimum Gasteiger partial charge on any atom is -0.380 e. The van der Waals surface area contributed by atoms with E-state index in [2.05, 4.69) is 15.0 Å². The van der Waals surface area contributed by atoms with Gasteiger partial charge in [0, 0.05) is 16.8 Å². The summed E-state index contributed by atoms with van der Waals surface area (Å²) < 4.78 is 26.1. The van der Waals surface area contributed by atoms with Crippen LogP contribution in [0, 0.1) is 13.8 Å². The molecule has 0 bridgehead atoms. The summed E-state index contributed by atoms with van der Waals surface area (Å²) in [7, 11) is -2.02. The molecule has 0 saturated heterocycles. The minimum absolute atomic E-state index is 0.297. The number of benzene rings is 1. The number of anilines is 1. The van der Waals surface area contributed by atoms with Crippen molar-refractivity contribution in [1.82, 2.24) is 9.71 Å². The molecule has 2 N–H and O–H groups in total. The Morgan fingerprint density at radius 3 is 2.65 bits per heavy atom. The first kappa shape index (κ1) is 15.0. The van der Waals surface area contributed by atoms with Crippen LogP contribution in [-0.2, 0) is 16.6 Å². The summed E-state index contributed by atoms with van der Waals surface area (Å²) in [5.74, 6) is 0. The normalized spacial score (nSPS) is 11.6. The van der Waals surface area contributed by atoms with Crippen LogP contribution in [0.15, 0.2) is 29.3 Å². The first-order chi connectivity index (χ1) is 9.42. The fourth-order valence-electron chi connectivity index (χ4n) is 1.79. The van der Waals surface area contributed by atoms with Crippen molar-refractivity contribution in [1.29, 1.82) is 0 Å². The van der Waals surface area contributed by atoms with Gasteiger partial charge in [-0.3, -0.25) is 0 Å². The van der Waals surface area contributed by atoms with E-state index in [1.54, 1.807) is 30.4 Å². The Balaban J connectivity index is 2.19. The summed E-state index contributed by atoms with van der Waals surface area (Å²) in [6.45, 7) is 4.37. The van der Waals surface area contributed by atoms with Crippen LogP contribution in [0.5, 0.6) is 0 Å². The van der Waals surface area contributed by atoms with Gasteiger partial charge >= 0.3 is 0 Å². The summed E-state index contributed by atoms with van der Waals surface area (Å²) in [4.78, 5) is 5.59. The van der Waals surface area contributed by atoms with E-state index in [9.17, 15) is 8.42 Å². The number of thiazole rings is 1. The van der Waals surface area contributed by atoms with Crippen LogP contribution >= 0.6 is 11.3 Å². The molecule has 0 aliphatic rings. The smallest absolute Gasteiger partial charge is 0.240 e. The van der Waals surface area contributed by atoms with Crippen LogP contribution in [0.1, 0.15) is 15.4 Å². The summed E-state index contributed by atoms with van der Waals surface area (Å²) in [5.41, 5.74) is 1.49. The molecule has 2 rings (SSSR count). The maximum Gasteiger partial charge on any atom is 0.240 e. The number of rotatable bonds is 5. The van der Waals surface area contributed by atoms with Crippen molar-refractivity contribution in [2.24, 2.45) is 0 Å². The molecule has 2 aromatic rings. The zero-order valence-electron chi connectivity index (χ0n) is 11.6. The van der Waals surface area contributed by atoms with Gasteiger partial charge in [0.25, 0.3) is 0 Å². The van der Waals surface area contributed by atoms with E-state index >= 15 is 0 Å². The van der Waals surface area contributed by atoms with Gasteiger partial charge in [0.15, 0.2) is 0 Å². The molecule has 0 aliphatic carbocycles. The Kier molecular flexibility index (Phi) is 4.42. The average molecular weight is 311 g/mol. The lowest BCUT2D eigenvalue weighted by Crippen LogP contribution is -2.19. The number of aryl methyl sites for hydroxylation is 2. The topological polar surface area (TPSA) is 71.1 Å². The fourth-order valence-corrected chi connectivity index (χ4v) is 3.51. The second-order valence-electron chi connectivity index (χ2n) is 4.39. The van der Waals surface area contributed by atoms with Crippen LogP contribution in [0.3, 0.4) is 0 Å². The molecule has 0 unspecified atom stereocenters. The predicted octanol–water partition coefficient (Wildman–Crippen LogP) is 2.28. The van der Waals surface area contributed by atoms with Crippen LogP contribution in [0.2, 0.25) is 0 Å². The maximum atomic E-state index is 11.9. The van der Waals surface area contributed by atoms with E-state index in [1.807, 2.05) is 19.2 Å². The lowest BCUT2D eigenvalue weighted by Gasteiger charge is -2.10. The van der Waals surface area contributed by atoms with Gasteiger partial charge in [0.2, 0.25) is 10.0 Å². The lowest BCUT2D eigenvalue weighted by atomic mass is 10.2. The Morgan fingerprint density at radius 1 is 1.30 bits per heavy atom. The molecule has 5 nitrogen and oxygen atoms in total. The van der Waals surface area contributed by atoms with Gasteiger partial charge in [0.1, 0.15) is 0 Å². The van der Waals surface area contributed by atoms with Gasteiger partial charge in [-0.05, 0) is 38.6 Å². The van der Waals surface area contributed by atoms with Crippen LogP contribution < -0.4 is 10.0 Å². The van der Waals surface area contributed by atoms with Crippen molar-refractivity contribution >= 4 is 27.0 Å². The molecule has 0 spiro atoms. The third-order valence-electron chi connectivity index (χ3n) is 2.88. The van der Waals surface area contributed by atoms with Gasteiger partial charge < -0.3 is 5.32 Å². The Hall–Kier alpha value is -1.44. The molecule has 1 aromatic heterocycles. The second kappa shape index (κ2) is 5.90. The third kappa shape index (κ3) is 3.36. The molecular formula is C13H17N3O2S2. The highest BCUT2D eigenvalue weighted by Gasteiger charge is 2.14. The van der Waals surface area contributed by atoms with E-state index in [1.165, 1.54) is 7.05 Å². The summed E-state index contributed by atoms with van der Waals surface area (Å²) >= 11 is 1.62. The number of nitrogens with zero attached hydrogens (tertiary/aromatic N) is 1. The third-order valence-corrected chi connectivity index (χ3v) is 5.35. The number of hydrogen-bond acceptors (Lipinski definition) is 5. The molecule has 7 heteroatoms. The molecule has 0 amide bonds. The van der Waals surface area contributed by atoms with Crippen LogP contribution in [-0.4, -0.2) is 20.4 Å². The number of aromatic nitrogens is 1. The largest absolute Gasteiger partial charge is 0.380 e. The van der Waals surface area contributed by atoms with Crippen LogP contribution in [0.25, 0.3) is 0 Å². The molecule has 0 fully saturated rings. The molecule has 0 aliphatic heterocycles. The Morgan fingerprint density at radius 2 is 2.05 bits per heavy atom. The number of sulfonamides is 1. The Bertz CT molecular complexity index is 708. The molecule has 108 valence electrons. The highest BCUT2D eigenvalue weighted by Crippen LogP contribution is 2.21. The zero-order chi connectivity index (χ0) is 14.8. The van der Waals surface area contributed by atoms with Crippen molar-refractivity contribution in [3.8, 4) is 0 Å². The lowest BCUT2D eigenvalue weighted by molar-refractivity contribution is 0.587. The van der Waals surface area contributed by atoms with Gasteiger partial charge in [-0.2, -0.15) is 0 Å². The SMILES string of the molecule is CNS(=O)(=O)c1cc(NCc2cnc(C)s2)ccc1C. The second-order valence-corrected chi connectivity index (χ2v) is 7.56. The van der Waals surface area contributed by atoms with Crippen molar-refractivity contribution in [3.63, 3.8) is 0 Å². The van der Waals surface area contributed by atoms with E-state index < -0.39 is 10.0 Å². The molecule has 1 heterocycles. The average Bonchev–Trinajstić information content (AvgIpc) is 2.83. The standard InChI is InChI=1S/C13H17N3O2S2/c1-9-4-5-11(6-13(9)20(17,18)14-3)16-8-12-7-15-10(2)19-12/h4-7,14,16H,8H2,1-3H3. The molecule has 0 saturated carbocycles. The first-order valence-electron chi connectivity index (χ1n) is 6.12. The quantitative estimate of drug-likeness (QED) is 0.888. The van der Waals surface area contributed by atoms with Crippen molar-refractivity contribution in [3.05, 3.63) is 39.8 Å². The summed E-state index contributed by atoms with van der Waals surface area (Å²) in [6.07, 6.45) is 1.83. The Labute approximate surface area is 123 Å². The van der Waals surface area contributed by atoms with E-state index in [0.717, 1.165) is 21.1 Å². The maximum absolute atomic E-state index is 11.9. The number of hydrogen-bond donors (Lipinski definition) is 2. The van der Waals surface area contributed by atoms with Crippen LogP contribution in [0.4, 0.5) is 5.69 Å². The molecule has 0 radical (unpaired) electrons. The van der Waals surface area contributed by atoms with E-state index in [0.29, 0.717) is 11.4 Å². The summed E-state index contributed by atoms with van der Waals surface area (Å²) in [6, 6.07) is 5.32. The van der Waals surface area contributed by atoms with Gasteiger partial charge in [0.05, 0.1) is 16.4 Å². The van der Waals surface area contributed by atoms with E-state index in [-0.39, 0.29) is 0 Å². The zero-order valence-corrected chi connectivity index (χ0v) is 13.2. The summed E-state index contributed by atoms with van der Waals surface area (Å²) in [5, 5.41) is 4.23. The molecule has 0 atom stereocenters. The molecule has 20 heavy (non-hydrogen) atoms. The fraction of sp³-hybridized carbons (Fsp3) is 0.308. The highest BCUT2D eigenvalue weighted by atomic mass is 32.2. The van der Waals surface area contributed by atoms with Gasteiger partial charge in [-0.1, -0.05) is 6.07 Å². The van der Waals surface area contributed by atoms with Gasteiger partial charge in [-0.25, -0.2) is 18.1 Å². The van der Waals surface area contributed by atoms with Crippen molar-refractivity contribution in [2.45, 2.75) is 25.3 Å². The highest BCUT2D eigenvalue weighted by molar-refractivity contribution is 7.89. The molecule has 1 aromatic carbocycles. The minimum atomic E-state index is -3.43. The van der Waals surface area contributed by atoms with E-state index in [4.69, 9.17) is 0 Å². The first-order valence-corrected chi connectivity index (χ1v) is 8.42. The monoisotopic (exact) mass is 311 g/mol. The number of nitrogens with one attached hydrogen (secondary N) is 2. The van der Waals surface area contributed by atoms with Crippen molar-refractivity contribution in [2.75, 3.05) is 12.4 Å².